The van der Waals surface area contributed by atoms with Gasteiger partial charge in [-0.25, -0.2) is 13.1 Å². The van der Waals surface area contributed by atoms with Crippen LogP contribution in [0.15, 0.2) is 23.1 Å². The molecule has 0 aliphatic rings. The second kappa shape index (κ2) is 6.11. The zero-order chi connectivity index (χ0) is 15.6. The van der Waals surface area contributed by atoms with Crippen molar-refractivity contribution < 1.29 is 13.2 Å². The summed E-state index contributed by atoms with van der Waals surface area (Å²) in [6.07, 6.45) is 0. The average molecular weight is 319 g/mol. The molecule has 0 saturated carbocycles. The number of halogens is 1. The fourth-order valence-electron chi connectivity index (χ4n) is 1.44. The Morgan fingerprint density at radius 3 is 2.45 bits per heavy atom. The molecular weight excluding hydrogens is 300 g/mol. The number of carbonyl (C=O) groups excluding carboxylic acids is 1. The molecule has 0 saturated heterocycles. The minimum absolute atomic E-state index is 0.140. The minimum atomic E-state index is -3.56. The van der Waals surface area contributed by atoms with E-state index in [1.54, 1.807) is 32.9 Å². The van der Waals surface area contributed by atoms with Crippen molar-refractivity contribution in [2.75, 3.05) is 18.2 Å². The molecule has 0 atom stereocenters. The number of rotatable bonds is 5. The first-order valence-electron chi connectivity index (χ1n) is 6.05. The Labute approximate surface area is 124 Å². The van der Waals surface area contributed by atoms with E-state index in [2.05, 4.69) is 10.0 Å². The lowest BCUT2D eigenvalue weighted by atomic mass is 9.95. The molecule has 2 N–H and O–H groups in total. The van der Waals surface area contributed by atoms with Crippen LogP contribution in [-0.2, 0) is 14.8 Å². The van der Waals surface area contributed by atoms with Crippen LogP contribution in [0.5, 0.6) is 0 Å². The van der Waals surface area contributed by atoms with Crippen LogP contribution in [0.4, 0.5) is 5.69 Å². The third-order valence-corrected chi connectivity index (χ3v) is 5.18. The number of nitrogens with one attached hydrogen (secondary N) is 2. The number of anilines is 1. The summed E-state index contributed by atoms with van der Waals surface area (Å²) in [5.41, 5.74) is 0.302. The first-order chi connectivity index (χ1) is 9.14. The second-order valence-corrected chi connectivity index (χ2v) is 7.28. The van der Waals surface area contributed by atoms with E-state index in [1.807, 2.05) is 0 Å². The zero-order valence-corrected chi connectivity index (χ0v) is 13.5. The van der Waals surface area contributed by atoms with Crippen molar-refractivity contribution in [2.24, 2.45) is 5.41 Å². The molecule has 1 aromatic rings. The van der Waals surface area contributed by atoms with E-state index in [1.165, 1.54) is 13.1 Å². The standard InChI is InChI=1S/C13H19ClN2O3S/c1-9-5-6-10(7-11(9)20(18,19)15-4)16-12(17)13(2,3)8-14/h5-7,15H,8H2,1-4H3,(H,16,17). The van der Waals surface area contributed by atoms with E-state index in [-0.39, 0.29) is 16.7 Å². The second-order valence-electron chi connectivity index (χ2n) is 5.16. The van der Waals surface area contributed by atoms with Gasteiger partial charge in [-0.2, -0.15) is 0 Å². The molecule has 0 unspecified atom stereocenters. The van der Waals surface area contributed by atoms with Gasteiger partial charge in [0, 0.05) is 11.6 Å². The highest BCUT2D eigenvalue weighted by atomic mass is 35.5. The van der Waals surface area contributed by atoms with Gasteiger partial charge in [0.2, 0.25) is 15.9 Å². The van der Waals surface area contributed by atoms with Gasteiger partial charge >= 0.3 is 0 Å². The minimum Gasteiger partial charge on any atom is -0.326 e. The summed E-state index contributed by atoms with van der Waals surface area (Å²) in [5.74, 6) is -0.0871. The average Bonchev–Trinajstić information content (AvgIpc) is 2.40. The van der Waals surface area contributed by atoms with Crippen LogP contribution in [0.25, 0.3) is 0 Å². The summed E-state index contributed by atoms with van der Waals surface area (Å²) in [6.45, 7) is 5.13. The van der Waals surface area contributed by atoms with Gasteiger partial charge in [0.25, 0.3) is 0 Å². The molecule has 1 rings (SSSR count). The molecule has 0 bridgehead atoms. The fourth-order valence-corrected chi connectivity index (χ4v) is 2.55. The summed E-state index contributed by atoms with van der Waals surface area (Å²) in [5, 5.41) is 2.68. The van der Waals surface area contributed by atoms with E-state index in [0.717, 1.165) is 0 Å². The first-order valence-corrected chi connectivity index (χ1v) is 8.07. The molecule has 1 amide bonds. The maximum atomic E-state index is 12.0. The molecule has 0 aliphatic carbocycles. The quantitative estimate of drug-likeness (QED) is 0.816. The number of carbonyl (C=O) groups is 1. The normalized spacial score (nSPS) is 12.2. The van der Waals surface area contributed by atoms with Crippen LogP contribution in [0.3, 0.4) is 0 Å². The number of hydrogen-bond donors (Lipinski definition) is 2. The molecule has 0 spiro atoms. The molecule has 20 heavy (non-hydrogen) atoms. The number of sulfonamides is 1. The first kappa shape index (κ1) is 16.9. The predicted octanol–water partition coefficient (Wildman–Crippen LogP) is 2.11. The van der Waals surface area contributed by atoms with Gasteiger partial charge in [0.1, 0.15) is 0 Å². The van der Waals surface area contributed by atoms with Gasteiger partial charge in [-0.3, -0.25) is 4.79 Å². The molecule has 0 heterocycles. The van der Waals surface area contributed by atoms with Crippen LogP contribution < -0.4 is 10.0 Å². The maximum absolute atomic E-state index is 12.0. The number of hydrogen-bond acceptors (Lipinski definition) is 3. The van der Waals surface area contributed by atoms with Gasteiger partial charge < -0.3 is 5.32 Å². The molecule has 0 fully saturated rings. The van der Waals surface area contributed by atoms with Crippen molar-refractivity contribution in [1.29, 1.82) is 0 Å². The fraction of sp³-hybridized carbons (Fsp3) is 0.462. The summed E-state index contributed by atoms with van der Waals surface area (Å²) >= 11 is 5.74. The zero-order valence-electron chi connectivity index (χ0n) is 12.0. The molecule has 0 radical (unpaired) electrons. The van der Waals surface area contributed by atoms with Crippen LogP contribution >= 0.6 is 11.6 Å². The smallest absolute Gasteiger partial charge is 0.240 e. The van der Waals surface area contributed by atoms with Gasteiger partial charge in [0.15, 0.2) is 0 Å². The van der Waals surface area contributed by atoms with Crippen LogP contribution in [0, 0.1) is 12.3 Å². The van der Waals surface area contributed by atoms with Gasteiger partial charge in [0.05, 0.1) is 10.3 Å². The topological polar surface area (TPSA) is 75.3 Å². The van der Waals surface area contributed by atoms with E-state index >= 15 is 0 Å². The molecule has 1 aromatic carbocycles. The van der Waals surface area contributed by atoms with Crippen LogP contribution in [0.2, 0.25) is 0 Å². The highest BCUT2D eigenvalue weighted by Crippen LogP contribution is 2.23. The number of amides is 1. The SMILES string of the molecule is CNS(=O)(=O)c1cc(NC(=O)C(C)(C)CCl)ccc1C. The third kappa shape index (κ3) is 3.71. The Hall–Kier alpha value is -1.11. The van der Waals surface area contributed by atoms with Gasteiger partial charge in [-0.15, -0.1) is 11.6 Å². The summed E-state index contributed by atoms with van der Waals surface area (Å²) in [7, 11) is -2.21. The van der Waals surface area contributed by atoms with Gasteiger partial charge in [-0.1, -0.05) is 6.07 Å². The van der Waals surface area contributed by atoms with Crippen molar-refractivity contribution >= 4 is 33.2 Å². The Morgan fingerprint density at radius 1 is 1.35 bits per heavy atom. The van der Waals surface area contributed by atoms with Crippen LogP contribution in [-0.4, -0.2) is 27.3 Å². The van der Waals surface area contributed by atoms with Crippen molar-refractivity contribution in [3.8, 4) is 0 Å². The lowest BCUT2D eigenvalue weighted by molar-refractivity contribution is -0.122. The van der Waals surface area contributed by atoms with Gasteiger partial charge in [-0.05, 0) is 45.5 Å². The molecule has 0 aromatic heterocycles. The van der Waals surface area contributed by atoms with Crippen molar-refractivity contribution in [2.45, 2.75) is 25.7 Å². The predicted molar refractivity (Wildman–Crippen MR) is 80.6 cm³/mol. The molecular formula is C13H19ClN2O3S. The van der Waals surface area contributed by atoms with E-state index in [9.17, 15) is 13.2 Å². The lowest BCUT2D eigenvalue weighted by Crippen LogP contribution is -2.32. The Bertz CT molecular complexity index is 612. The highest BCUT2D eigenvalue weighted by molar-refractivity contribution is 7.89. The Morgan fingerprint density at radius 2 is 1.95 bits per heavy atom. The van der Waals surface area contributed by atoms with E-state index < -0.39 is 15.4 Å². The van der Waals surface area contributed by atoms with Crippen molar-refractivity contribution in [3.05, 3.63) is 23.8 Å². The molecule has 5 nitrogen and oxygen atoms in total. The summed E-state index contributed by atoms with van der Waals surface area (Å²) in [6, 6.07) is 4.74. The lowest BCUT2D eigenvalue weighted by Gasteiger charge is -2.20. The maximum Gasteiger partial charge on any atom is 0.240 e. The van der Waals surface area contributed by atoms with Crippen molar-refractivity contribution in [1.82, 2.24) is 4.72 Å². The van der Waals surface area contributed by atoms with Crippen LogP contribution in [0.1, 0.15) is 19.4 Å². The van der Waals surface area contributed by atoms with Crippen molar-refractivity contribution in [3.63, 3.8) is 0 Å². The molecule has 112 valence electrons. The Kier molecular flexibility index (Phi) is 5.18. The van der Waals surface area contributed by atoms with E-state index in [0.29, 0.717) is 11.3 Å². The number of alkyl halides is 1. The largest absolute Gasteiger partial charge is 0.326 e. The highest BCUT2D eigenvalue weighted by Gasteiger charge is 2.27. The number of aryl methyl sites for hydroxylation is 1. The summed E-state index contributed by atoms with van der Waals surface area (Å²) < 4.78 is 26.0. The molecule has 0 aliphatic heterocycles. The third-order valence-electron chi connectivity index (χ3n) is 2.95. The summed E-state index contributed by atoms with van der Waals surface area (Å²) in [4.78, 5) is 12.2. The number of benzene rings is 1. The molecule has 7 heteroatoms. The Balaban J connectivity index is 3.12. The van der Waals surface area contributed by atoms with E-state index in [4.69, 9.17) is 11.6 Å². The monoisotopic (exact) mass is 318 g/mol.